The summed E-state index contributed by atoms with van der Waals surface area (Å²) in [6.07, 6.45) is 14.2. The van der Waals surface area contributed by atoms with Crippen LogP contribution in [0.15, 0.2) is 12.2 Å². The van der Waals surface area contributed by atoms with E-state index in [9.17, 15) is 74.9 Å². The largest absolute Gasteiger partial charge is 0.472 e. The first-order valence-electron chi connectivity index (χ1n) is 38.5. The van der Waals surface area contributed by atoms with Crippen LogP contribution < -0.4 is 0 Å². The minimum absolute atomic E-state index is 0.00942. The first-order chi connectivity index (χ1) is 47.3. The predicted molar refractivity (Wildman–Crippen MR) is 370 cm³/mol. The molecule has 2 aliphatic heterocycles. The molecular weight excluding hydrogens is 1290 g/mol. The maximum atomic E-state index is 14.3. The Morgan fingerprint density at radius 2 is 0.714 bits per heavy atom. The Hall–Kier alpha value is -2.30. The summed E-state index contributed by atoms with van der Waals surface area (Å²) < 4.78 is 65.0. The topological polar surface area (TPSA) is 374 Å². The van der Waals surface area contributed by atoms with E-state index >= 15 is 0 Å². The van der Waals surface area contributed by atoms with Crippen LogP contribution in [0.2, 0.25) is 0 Å². The fraction of sp³-hybridized carbons (Fsp3) is 0.932. The highest BCUT2D eigenvalue weighted by atomic mass is 31.2. The molecule has 3 rings (SSSR count). The number of aliphatic hydroxyl groups is 10. The van der Waals surface area contributed by atoms with Crippen molar-refractivity contribution in [2.75, 3.05) is 26.4 Å². The molecule has 576 valence electrons. The summed E-state index contributed by atoms with van der Waals surface area (Å²) in [6, 6.07) is 0. The second-order valence-electron chi connectivity index (χ2n) is 27.7. The molecule has 25 heteroatoms. The Morgan fingerprint density at radius 1 is 0.388 bits per heavy atom. The van der Waals surface area contributed by atoms with Gasteiger partial charge in [0.05, 0.1) is 13.2 Å². The van der Waals surface area contributed by atoms with Gasteiger partial charge >= 0.3 is 25.7 Å². The van der Waals surface area contributed by atoms with Crippen LogP contribution in [-0.4, -0.2) is 204 Å². The summed E-state index contributed by atoms with van der Waals surface area (Å²) >= 11 is 0. The van der Waals surface area contributed by atoms with Gasteiger partial charge in [0.1, 0.15) is 98.7 Å². The van der Waals surface area contributed by atoms with Gasteiger partial charge < -0.3 is 89.1 Å². The molecule has 1 saturated carbocycles. The quantitative estimate of drug-likeness (QED) is 0.00886. The maximum absolute atomic E-state index is 14.3. The molecule has 3 aliphatic rings. The van der Waals surface area contributed by atoms with Crippen LogP contribution in [0, 0.1) is 0 Å². The number of aliphatic hydroxyl groups excluding tert-OH is 10. The first kappa shape index (κ1) is 89.9. The van der Waals surface area contributed by atoms with Crippen LogP contribution in [0.4, 0.5) is 0 Å². The van der Waals surface area contributed by atoms with E-state index in [0.29, 0.717) is 19.3 Å². The normalized spacial score (nSPS) is 27.7. The SMILES string of the molecule is CCCCCCCC/C=C\CCCCCC(=O)OCC1OC(OC2C(O)C(O)C(O)C(OC3OC(CO)C(O)C(O)C3O)C2OP(=O)(O)OCC(COC(=O)CCCCCCCCCCCCCCCCCC)OC(=O)CCCCCCCCCCCCCCCC)C(O)C(O)C1O. The summed E-state index contributed by atoms with van der Waals surface area (Å²) in [5, 5.41) is 110. The molecule has 0 aromatic carbocycles. The highest BCUT2D eigenvalue weighted by Crippen LogP contribution is 2.49. The second-order valence-corrected chi connectivity index (χ2v) is 29.1. The summed E-state index contributed by atoms with van der Waals surface area (Å²) in [5.74, 6) is -1.99. The lowest BCUT2D eigenvalue weighted by molar-refractivity contribution is -0.360. The van der Waals surface area contributed by atoms with Crippen molar-refractivity contribution in [1.29, 1.82) is 0 Å². The number of phosphoric ester groups is 1. The number of allylic oxidation sites excluding steroid dienone is 2. The zero-order valence-corrected chi connectivity index (χ0v) is 61.0. The zero-order valence-electron chi connectivity index (χ0n) is 60.1. The van der Waals surface area contributed by atoms with Gasteiger partial charge in [0.25, 0.3) is 0 Å². The second kappa shape index (κ2) is 55.2. The lowest BCUT2D eigenvalue weighted by atomic mass is 9.84. The van der Waals surface area contributed by atoms with Crippen molar-refractivity contribution in [2.24, 2.45) is 0 Å². The third-order valence-electron chi connectivity index (χ3n) is 19.0. The van der Waals surface area contributed by atoms with E-state index in [-0.39, 0.29) is 19.3 Å². The molecular formula is C73H135O24P. The molecule has 0 aromatic rings. The van der Waals surface area contributed by atoms with Gasteiger partial charge in [0.2, 0.25) is 0 Å². The van der Waals surface area contributed by atoms with Gasteiger partial charge in [-0.1, -0.05) is 251 Å². The number of ether oxygens (including phenoxy) is 7. The van der Waals surface area contributed by atoms with Gasteiger partial charge in [-0.3, -0.25) is 23.4 Å². The minimum Gasteiger partial charge on any atom is -0.463 e. The van der Waals surface area contributed by atoms with Crippen LogP contribution in [-0.2, 0) is 61.2 Å². The number of hydrogen-bond acceptors (Lipinski definition) is 23. The number of carbonyl (C=O) groups excluding carboxylic acids is 3. The van der Waals surface area contributed by atoms with Crippen LogP contribution in [0.3, 0.4) is 0 Å². The highest BCUT2D eigenvalue weighted by molar-refractivity contribution is 7.47. The van der Waals surface area contributed by atoms with Gasteiger partial charge in [0.15, 0.2) is 18.7 Å². The Bertz CT molecular complexity index is 2080. The van der Waals surface area contributed by atoms with Crippen molar-refractivity contribution in [2.45, 2.75) is 407 Å². The van der Waals surface area contributed by atoms with Crippen molar-refractivity contribution in [3.63, 3.8) is 0 Å². The fourth-order valence-electron chi connectivity index (χ4n) is 12.8. The van der Waals surface area contributed by atoms with Gasteiger partial charge in [-0.15, -0.1) is 0 Å². The van der Waals surface area contributed by atoms with Crippen LogP contribution in [0.5, 0.6) is 0 Å². The van der Waals surface area contributed by atoms with Gasteiger partial charge in [-0.25, -0.2) is 4.57 Å². The number of phosphoric acid groups is 1. The molecule has 0 radical (unpaired) electrons. The first-order valence-corrected chi connectivity index (χ1v) is 40.0. The number of carbonyl (C=O) groups is 3. The van der Waals surface area contributed by atoms with Crippen LogP contribution in [0.25, 0.3) is 0 Å². The Morgan fingerprint density at radius 3 is 1.11 bits per heavy atom. The maximum Gasteiger partial charge on any atom is 0.472 e. The van der Waals surface area contributed by atoms with Gasteiger partial charge in [0, 0.05) is 19.3 Å². The number of unbranched alkanes of at least 4 members (excludes halogenated alkanes) is 37. The van der Waals surface area contributed by atoms with Gasteiger partial charge in [-0.2, -0.15) is 0 Å². The average Bonchev–Trinajstić information content (AvgIpc) is 0.763. The van der Waals surface area contributed by atoms with Crippen molar-refractivity contribution in [3.8, 4) is 0 Å². The summed E-state index contributed by atoms with van der Waals surface area (Å²) in [5.41, 5.74) is 0. The molecule has 0 bridgehead atoms. The van der Waals surface area contributed by atoms with E-state index in [1.165, 1.54) is 154 Å². The molecule has 3 fully saturated rings. The van der Waals surface area contributed by atoms with Crippen molar-refractivity contribution in [3.05, 3.63) is 12.2 Å². The standard InChI is InChI=1S/C73H135O24P/c1-4-7-10-13-16-19-22-25-27-28-31-33-35-38-41-44-47-57(75)89-51-54(92-59(77)49-46-43-40-37-34-30-26-23-20-17-14-11-8-5-2)52-91-98(87,88)97-71-69(95-72-67(85)62(80)60(78)55(50-74)93-72)65(83)64(82)66(84)70(71)96-73-68(86)63(81)61(79)56(94-73)53-90-58(76)48-45-42-39-36-32-29-24-21-18-15-12-9-6-3/h29,32,54-56,60-74,78-86H,4-28,30-31,33-53H2,1-3H3,(H,87,88)/b32-29-. The zero-order chi connectivity index (χ0) is 71.8. The molecule has 18 unspecified atom stereocenters. The molecule has 11 N–H and O–H groups in total. The highest BCUT2D eigenvalue weighted by Gasteiger charge is 2.58. The summed E-state index contributed by atoms with van der Waals surface area (Å²) in [4.78, 5) is 51.0. The van der Waals surface area contributed by atoms with E-state index in [0.717, 1.165) is 89.9 Å². The molecule has 18 atom stereocenters. The number of rotatable bonds is 60. The van der Waals surface area contributed by atoms with E-state index in [2.05, 4.69) is 32.9 Å². The lowest BCUT2D eigenvalue weighted by Gasteiger charge is -2.49. The Kier molecular flexibility index (Phi) is 50.7. The smallest absolute Gasteiger partial charge is 0.463 e. The molecule has 0 spiro atoms. The van der Waals surface area contributed by atoms with E-state index in [1.54, 1.807) is 0 Å². The molecule has 24 nitrogen and oxygen atoms in total. The predicted octanol–water partition coefficient (Wildman–Crippen LogP) is 10.7. The van der Waals surface area contributed by atoms with Crippen molar-refractivity contribution in [1.82, 2.24) is 0 Å². The molecule has 1 aliphatic carbocycles. The third-order valence-corrected chi connectivity index (χ3v) is 20.0. The summed E-state index contributed by atoms with van der Waals surface area (Å²) in [7, 11) is -5.69. The Balaban J connectivity index is 1.73. The molecule has 0 aromatic heterocycles. The molecule has 2 saturated heterocycles. The lowest BCUT2D eigenvalue weighted by Crippen LogP contribution is -2.69. The van der Waals surface area contributed by atoms with E-state index in [1.807, 2.05) is 0 Å². The number of esters is 3. The minimum atomic E-state index is -5.69. The monoisotopic (exact) mass is 1430 g/mol. The molecule has 2 heterocycles. The van der Waals surface area contributed by atoms with Crippen LogP contribution >= 0.6 is 7.82 Å². The van der Waals surface area contributed by atoms with Gasteiger partial charge in [-0.05, 0) is 44.9 Å². The number of hydrogen-bond donors (Lipinski definition) is 11. The van der Waals surface area contributed by atoms with Crippen molar-refractivity contribution >= 4 is 25.7 Å². The molecule has 98 heavy (non-hydrogen) atoms. The van der Waals surface area contributed by atoms with E-state index < -0.39 is 156 Å². The van der Waals surface area contributed by atoms with Crippen molar-refractivity contribution < 1.29 is 117 Å². The summed E-state index contributed by atoms with van der Waals surface area (Å²) in [6.45, 7) is 3.45. The van der Waals surface area contributed by atoms with E-state index in [4.69, 9.17) is 42.2 Å². The fourth-order valence-corrected chi connectivity index (χ4v) is 13.7. The third kappa shape index (κ3) is 37.9. The van der Waals surface area contributed by atoms with Crippen LogP contribution in [0.1, 0.15) is 303 Å². The average molecular weight is 1430 g/mol. The Labute approximate surface area is 586 Å². The molecule has 0 amide bonds.